The van der Waals surface area contributed by atoms with Crippen LogP contribution in [0.15, 0.2) is 26.4 Å². The van der Waals surface area contributed by atoms with E-state index in [0.29, 0.717) is 0 Å². The Morgan fingerprint density at radius 3 is 3.08 bits per heavy atom. The van der Waals surface area contributed by atoms with Crippen LogP contribution in [0.25, 0.3) is 11.3 Å². The first-order valence-electron chi connectivity index (χ1n) is 3.11. The lowest BCUT2D eigenvalue weighted by molar-refractivity contribution is 0.492. The molecule has 1 N–H and O–H groups in total. The predicted molar refractivity (Wildman–Crippen MR) is 37.8 cm³/mol. The molecule has 2 aliphatic heterocycles. The van der Waals surface area contributed by atoms with Gasteiger partial charge in [-0.2, -0.15) is 5.10 Å². The van der Waals surface area contributed by atoms with E-state index in [0.717, 1.165) is 0 Å². The van der Waals surface area contributed by atoms with Gasteiger partial charge in [-0.15, -0.1) is 5.10 Å². The van der Waals surface area contributed by atoms with Crippen LogP contribution in [-0.4, -0.2) is 15.2 Å². The van der Waals surface area contributed by atoms with Crippen LogP contribution in [0.3, 0.4) is 0 Å². The number of nitrogens with one attached hydrogen (secondary N) is 1. The molecule has 2 aliphatic rings. The highest BCUT2D eigenvalue weighted by Gasteiger charge is 2.08. The zero-order chi connectivity index (χ0) is 8.55. The molecule has 0 fully saturated rings. The summed E-state index contributed by atoms with van der Waals surface area (Å²) in [5, 5.41) is 6.59. The van der Waals surface area contributed by atoms with Crippen LogP contribution in [0.2, 0.25) is 0 Å². The van der Waals surface area contributed by atoms with Gasteiger partial charge >= 0.3 is 11.3 Å². The molecular formula is C6H3N3O3. The Hall–Kier alpha value is -1.98. The van der Waals surface area contributed by atoms with Crippen molar-refractivity contribution in [3.05, 3.63) is 33.3 Å². The molecule has 0 aliphatic carbocycles. The SMILES string of the molecule is O=c1[nH]cc2c(=O)nncc-2o1. The number of hydrogen-bond acceptors (Lipinski definition) is 5. The van der Waals surface area contributed by atoms with Crippen molar-refractivity contribution in [3.63, 3.8) is 0 Å². The number of rotatable bonds is 0. The zero-order valence-electron chi connectivity index (χ0n) is 5.77. The van der Waals surface area contributed by atoms with Gasteiger partial charge < -0.3 is 4.42 Å². The predicted octanol–water partition coefficient (Wildman–Crippen LogP) is -0.777. The monoisotopic (exact) mass is 165 g/mol. The summed E-state index contributed by atoms with van der Waals surface area (Å²) in [5.74, 6) is -0.492. The Morgan fingerprint density at radius 2 is 2.25 bits per heavy atom. The van der Waals surface area contributed by atoms with Crippen LogP contribution in [0, 0.1) is 0 Å². The first kappa shape index (κ1) is 6.71. The molecule has 0 spiro atoms. The molecule has 0 unspecified atom stereocenters. The van der Waals surface area contributed by atoms with Crippen LogP contribution in [0.4, 0.5) is 0 Å². The van der Waals surface area contributed by atoms with Crippen molar-refractivity contribution in [3.8, 4) is 11.3 Å². The molecule has 0 aromatic rings. The van der Waals surface area contributed by atoms with Crippen molar-refractivity contribution in [1.82, 2.24) is 15.2 Å². The number of aromatic amines is 1. The van der Waals surface area contributed by atoms with Crippen LogP contribution in [0.1, 0.15) is 0 Å². The molecule has 6 nitrogen and oxygen atoms in total. The summed E-state index contributed by atoms with van der Waals surface area (Å²) >= 11 is 0. The average Bonchev–Trinajstić information content (AvgIpc) is 2.04. The second-order valence-electron chi connectivity index (χ2n) is 2.11. The summed E-state index contributed by atoms with van der Waals surface area (Å²) in [6.45, 7) is 0. The molecule has 0 saturated carbocycles. The fourth-order valence-corrected chi connectivity index (χ4v) is 0.837. The second-order valence-corrected chi connectivity index (χ2v) is 2.11. The Bertz CT molecular complexity index is 486. The summed E-state index contributed by atoms with van der Waals surface area (Å²) in [5.41, 5.74) is -0.308. The smallest absolute Gasteiger partial charge is 0.407 e. The van der Waals surface area contributed by atoms with Gasteiger partial charge in [0.05, 0.1) is 6.20 Å². The standard InChI is InChI=1S/C6H3N3O3/c10-5-3-1-7-6(11)12-4(3)2-8-9-5/h1-2H,(H,7,11). The van der Waals surface area contributed by atoms with Crippen LogP contribution in [-0.2, 0) is 0 Å². The van der Waals surface area contributed by atoms with Gasteiger partial charge in [-0.1, -0.05) is 0 Å². The average molecular weight is 165 g/mol. The van der Waals surface area contributed by atoms with Crippen molar-refractivity contribution in [2.75, 3.05) is 0 Å². The van der Waals surface area contributed by atoms with Gasteiger partial charge in [-0.05, 0) is 0 Å². The Balaban J connectivity index is 2.95. The van der Waals surface area contributed by atoms with Crippen molar-refractivity contribution >= 4 is 0 Å². The summed E-state index contributed by atoms with van der Waals surface area (Å²) in [6.07, 6.45) is 2.46. The zero-order valence-corrected chi connectivity index (χ0v) is 5.77. The van der Waals surface area contributed by atoms with E-state index in [1.165, 1.54) is 12.4 Å². The lowest BCUT2D eigenvalue weighted by Gasteiger charge is -1.96. The topological polar surface area (TPSA) is 88.9 Å². The summed E-state index contributed by atoms with van der Waals surface area (Å²) in [4.78, 5) is 23.8. The van der Waals surface area contributed by atoms with Crippen molar-refractivity contribution in [2.45, 2.75) is 0 Å². The van der Waals surface area contributed by atoms with Crippen LogP contribution >= 0.6 is 0 Å². The van der Waals surface area contributed by atoms with Gasteiger partial charge in [-0.3, -0.25) is 9.78 Å². The Kier molecular flexibility index (Phi) is 1.26. The quantitative estimate of drug-likeness (QED) is 0.553. The van der Waals surface area contributed by atoms with Crippen LogP contribution in [0.5, 0.6) is 0 Å². The normalized spacial score (nSPS) is 10.3. The van der Waals surface area contributed by atoms with E-state index in [1.807, 2.05) is 0 Å². The summed E-state index contributed by atoms with van der Waals surface area (Å²) in [7, 11) is 0. The summed E-state index contributed by atoms with van der Waals surface area (Å²) in [6, 6.07) is 0. The minimum absolute atomic E-state index is 0.138. The van der Waals surface area contributed by atoms with Crippen molar-refractivity contribution in [2.24, 2.45) is 0 Å². The number of fused-ring (bicyclic) bond motifs is 1. The van der Waals surface area contributed by atoms with E-state index in [1.54, 1.807) is 0 Å². The molecule has 0 radical (unpaired) electrons. The van der Waals surface area contributed by atoms with E-state index >= 15 is 0 Å². The molecule has 60 valence electrons. The third-order valence-corrected chi connectivity index (χ3v) is 1.36. The first-order valence-corrected chi connectivity index (χ1v) is 3.11. The maximum Gasteiger partial charge on any atom is 0.416 e. The number of hydrogen-bond donors (Lipinski definition) is 1. The lowest BCUT2D eigenvalue weighted by atomic mass is 10.3. The molecule has 2 rings (SSSR count). The molecule has 0 amide bonds. The minimum atomic E-state index is -0.630. The Labute approximate surface area is 65.2 Å². The molecule has 0 saturated heterocycles. The van der Waals surface area contributed by atoms with Gasteiger partial charge in [0.15, 0.2) is 5.76 Å². The van der Waals surface area contributed by atoms with Crippen molar-refractivity contribution < 1.29 is 4.42 Å². The van der Waals surface area contributed by atoms with E-state index in [2.05, 4.69) is 19.6 Å². The maximum absolute atomic E-state index is 10.9. The summed E-state index contributed by atoms with van der Waals surface area (Å²) < 4.78 is 4.63. The molecule has 6 heteroatoms. The van der Waals surface area contributed by atoms with Crippen LogP contribution < -0.4 is 11.3 Å². The largest absolute Gasteiger partial charge is 0.416 e. The van der Waals surface area contributed by atoms with Gasteiger partial charge in [0, 0.05) is 6.20 Å². The maximum atomic E-state index is 10.9. The molecule has 12 heavy (non-hydrogen) atoms. The first-order chi connectivity index (χ1) is 5.77. The number of aromatic nitrogens is 3. The highest BCUT2D eigenvalue weighted by molar-refractivity contribution is 5.52. The molecule has 0 aromatic carbocycles. The van der Waals surface area contributed by atoms with Gasteiger partial charge in [0.25, 0.3) is 0 Å². The Morgan fingerprint density at radius 1 is 1.42 bits per heavy atom. The number of nitrogens with zero attached hydrogens (tertiary/aromatic N) is 2. The van der Waals surface area contributed by atoms with E-state index in [9.17, 15) is 9.59 Å². The van der Waals surface area contributed by atoms with E-state index in [-0.39, 0.29) is 11.3 Å². The molecule has 0 aromatic heterocycles. The molecule has 0 atom stereocenters. The highest BCUT2D eigenvalue weighted by Crippen LogP contribution is 2.08. The molecule has 2 heterocycles. The lowest BCUT2D eigenvalue weighted by Crippen LogP contribution is -2.15. The third kappa shape index (κ3) is 0.895. The minimum Gasteiger partial charge on any atom is -0.407 e. The van der Waals surface area contributed by atoms with Crippen molar-refractivity contribution in [1.29, 1.82) is 0 Å². The van der Waals surface area contributed by atoms with Gasteiger partial charge in [-0.25, -0.2) is 4.79 Å². The fraction of sp³-hybridized carbons (Fsp3) is 0. The second kappa shape index (κ2) is 2.26. The van der Waals surface area contributed by atoms with E-state index in [4.69, 9.17) is 0 Å². The molecular weight excluding hydrogens is 162 g/mol. The fourth-order valence-electron chi connectivity index (χ4n) is 0.837. The van der Waals surface area contributed by atoms with Gasteiger partial charge in [0.1, 0.15) is 5.56 Å². The van der Waals surface area contributed by atoms with E-state index < -0.39 is 11.3 Å². The number of H-pyrrole nitrogens is 1. The highest BCUT2D eigenvalue weighted by atomic mass is 16.4. The third-order valence-electron chi connectivity index (χ3n) is 1.36. The molecule has 0 bridgehead atoms. The van der Waals surface area contributed by atoms with Gasteiger partial charge in [0.2, 0.25) is 0 Å².